The van der Waals surface area contributed by atoms with Crippen LogP contribution in [0.4, 0.5) is 5.69 Å². The Hall–Kier alpha value is -4.40. The summed E-state index contributed by atoms with van der Waals surface area (Å²) in [5, 5.41) is 21.2. The lowest BCUT2D eigenvalue weighted by molar-refractivity contribution is 0.315. The summed E-state index contributed by atoms with van der Waals surface area (Å²) in [4.78, 5) is 25.1. The van der Waals surface area contributed by atoms with Gasteiger partial charge < -0.3 is 9.84 Å². The fraction of sp³-hybridized carbons (Fsp3) is 0. The van der Waals surface area contributed by atoms with E-state index < -0.39 is 27.0 Å². The van der Waals surface area contributed by atoms with E-state index in [2.05, 4.69) is 29.7 Å². The highest BCUT2D eigenvalue weighted by atomic mass is 35.5. The average molecular weight is 563 g/mol. The van der Waals surface area contributed by atoms with Gasteiger partial charge >= 0.3 is 5.69 Å². The van der Waals surface area contributed by atoms with Gasteiger partial charge in [0.2, 0.25) is 0 Å². The van der Waals surface area contributed by atoms with Gasteiger partial charge in [-0.15, -0.1) is 0 Å². The van der Waals surface area contributed by atoms with E-state index in [-0.39, 0.29) is 48.8 Å². The summed E-state index contributed by atoms with van der Waals surface area (Å²) >= 11 is 12.6. The van der Waals surface area contributed by atoms with E-state index in [1.54, 1.807) is 0 Å². The number of hydrogen-bond acceptors (Lipinski definition) is 10. The summed E-state index contributed by atoms with van der Waals surface area (Å²) in [7, 11) is -4.23. The van der Waals surface area contributed by atoms with E-state index >= 15 is 0 Å². The third-order valence-corrected chi connectivity index (χ3v) is 6.87. The first-order valence-electron chi connectivity index (χ1n) is 10.1. The van der Waals surface area contributed by atoms with Crippen LogP contribution in [0, 0.1) is 0 Å². The summed E-state index contributed by atoms with van der Waals surface area (Å²) in [5.41, 5.74) is -1.29. The molecule has 0 radical (unpaired) electrons. The van der Waals surface area contributed by atoms with Gasteiger partial charge in [-0.1, -0.05) is 29.3 Å². The lowest BCUT2D eigenvalue weighted by Gasteiger charge is -2.14. The van der Waals surface area contributed by atoms with Crippen LogP contribution >= 0.6 is 23.2 Å². The molecule has 0 atom stereocenters. The van der Waals surface area contributed by atoms with Crippen LogP contribution in [0.5, 0.6) is 17.2 Å². The Labute approximate surface area is 215 Å². The van der Waals surface area contributed by atoms with Crippen LogP contribution in [0.3, 0.4) is 0 Å². The molecule has 0 aliphatic carbocycles. The molecule has 16 heteroatoms. The van der Waals surface area contributed by atoms with Crippen LogP contribution in [0.15, 0.2) is 73.8 Å². The van der Waals surface area contributed by atoms with Gasteiger partial charge in [0.05, 0.1) is 21.4 Å². The summed E-state index contributed by atoms with van der Waals surface area (Å²) in [6, 6.07) is 10.7. The Morgan fingerprint density at radius 2 is 1.81 bits per heavy atom. The lowest BCUT2D eigenvalue weighted by Crippen LogP contribution is -2.30. The number of H-pyrrole nitrogens is 1. The number of benzene rings is 3. The number of nitrogens with zero attached hydrogens (tertiary/aromatic N) is 4. The first-order chi connectivity index (χ1) is 17.6. The third kappa shape index (κ3) is 4.72. The van der Waals surface area contributed by atoms with Crippen molar-refractivity contribution in [3.05, 3.63) is 85.6 Å². The molecule has 13 nitrogen and oxygen atoms in total. The SMILES string of the molecule is O=c1cnn(-c2cc(Cl)c(Oc3ccc(O)c(NS(=O)(=O)c4cccc5nonc45)c3)c(Cl)c2)c(=O)[nH]1. The third-order valence-electron chi connectivity index (χ3n) is 4.91. The molecule has 0 spiro atoms. The van der Waals surface area contributed by atoms with Crippen LogP contribution in [0.2, 0.25) is 10.0 Å². The fourth-order valence-electron chi connectivity index (χ4n) is 3.28. The molecule has 5 rings (SSSR count). The van der Waals surface area contributed by atoms with Gasteiger partial charge in [0, 0.05) is 6.07 Å². The summed E-state index contributed by atoms with van der Waals surface area (Å²) < 4.78 is 39.5. The van der Waals surface area contributed by atoms with Crippen LogP contribution in [0.25, 0.3) is 16.7 Å². The highest BCUT2D eigenvalue weighted by Crippen LogP contribution is 2.40. The molecule has 2 aromatic heterocycles. The Kier molecular flexibility index (Phi) is 6.07. The molecule has 0 saturated carbocycles. The predicted molar refractivity (Wildman–Crippen MR) is 131 cm³/mol. The minimum absolute atomic E-state index is 0.0108. The van der Waals surface area contributed by atoms with Gasteiger partial charge in [-0.3, -0.25) is 14.5 Å². The molecule has 37 heavy (non-hydrogen) atoms. The zero-order chi connectivity index (χ0) is 26.3. The zero-order valence-electron chi connectivity index (χ0n) is 18.0. The van der Waals surface area contributed by atoms with Gasteiger partial charge in [0.25, 0.3) is 15.6 Å². The molecular weight excluding hydrogens is 551 g/mol. The smallest absolute Gasteiger partial charge is 0.349 e. The number of phenolic OH excluding ortho intramolecular Hbond substituents is 1. The van der Waals surface area contributed by atoms with E-state index in [1.807, 2.05) is 0 Å². The van der Waals surface area contributed by atoms with Crippen molar-refractivity contribution in [3.63, 3.8) is 0 Å². The molecule has 3 N–H and O–H groups in total. The number of phenols is 1. The quantitative estimate of drug-likeness (QED) is 0.260. The van der Waals surface area contributed by atoms with Crippen LogP contribution in [-0.2, 0) is 10.0 Å². The van der Waals surface area contributed by atoms with Crippen molar-refractivity contribution in [1.29, 1.82) is 0 Å². The second kappa shape index (κ2) is 9.24. The second-order valence-corrected chi connectivity index (χ2v) is 9.83. The van der Waals surface area contributed by atoms with Crippen molar-refractivity contribution in [2.24, 2.45) is 0 Å². The topological polar surface area (TPSA) is 182 Å². The fourth-order valence-corrected chi connectivity index (χ4v) is 5.05. The van der Waals surface area contributed by atoms with E-state index in [1.165, 1.54) is 48.5 Å². The van der Waals surface area contributed by atoms with Crippen molar-refractivity contribution >= 4 is 49.9 Å². The number of rotatable bonds is 6. The van der Waals surface area contributed by atoms with E-state index in [4.69, 9.17) is 27.9 Å². The van der Waals surface area contributed by atoms with Crippen LogP contribution < -0.4 is 20.7 Å². The molecule has 0 saturated heterocycles. The van der Waals surface area contributed by atoms with Gasteiger partial charge in [-0.25, -0.2) is 17.8 Å². The highest BCUT2D eigenvalue weighted by Gasteiger charge is 2.22. The molecule has 3 aromatic carbocycles. The largest absolute Gasteiger partial charge is 0.506 e. The van der Waals surface area contributed by atoms with Crippen molar-refractivity contribution in [2.45, 2.75) is 4.90 Å². The molecule has 0 fully saturated rings. The molecule has 0 aliphatic heterocycles. The average Bonchev–Trinajstić information content (AvgIpc) is 3.32. The van der Waals surface area contributed by atoms with Crippen molar-refractivity contribution in [1.82, 2.24) is 25.1 Å². The number of nitrogens with one attached hydrogen (secondary N) is 2. The number of ether oxygens (including phenoxy) is 1. The number of sulfonamides is 1. The van der Waals surface area contributed by atoms with Crippen molar-refractivity contribution in [3.8, 4) is 22.9 Å². The summed E-state index contributed by atoms with van der Waals surface area (Å²) in [6.45, 7) is 0. The Morgan fingerprint density at radius 1 is 1.05 bits per heavy atom. The van der Waals surface area contributed by atoms with E-state index in [0.717, 1.165) is 10.9 Å². The maximum absolute atomic E-state index is 13.0. The molecule has 5 aromatic rings. The minimum atomic E-state index is -4.23. The maximum Gasteiger partial charge on any atom is 0.349 e. The molecule has 0 amide bonds. The van der Waals surface area contributed by atoms with E-state index in [9.17, 15) is 23.1 Å². The number of aromatic hydroxyl groups is 1. The number of hydrogen-bond donors (Lipinski definition) is 3. The summed E-state index contributed by atoms with van der Waals surface area (Å²) in [6.07, 6.45) is 0.909. The molecule has 0 unspecified atom stereocenters. The van der Waals surface area contributed by atoms with Crippen LogP contribution in [-0.4, -0.2) is 38.6 Å². The second-order valence-electron chi connectivity index (χ2n) is 7.36. The first-order valence-corrected chi connectivity index (χ1v) is 12.3. The number of aromatic amines is 1. The highest BCUT2D eigenvalue weighted by molar-refractivity contribution is 7.93. The van der Waals surface area contributed by atoms with Gasteiger partial charge in [0.1, 0.15) is 28.1 Å². The zero-order valence-corrected chi connectivity index (χ0v) is 20.4. The number of fused-ring (bicyclic) bond motifs is 1. The molecule has 0 bridgehead atoms. The number of halogens is 2. The first kappa shape index (κ1) is 24.3. The van der Waals surface area contributed by atoms with Gasteiger partial charge in [0.15, 0.2) is 11.3 Å². The Morgan fingerprint density at radius 3 is 2.54 bits per heavy atom. The molecule has 188 valence electrons. The lowest BCUT2D eigenvalue weighted by atomic mass is 10.2. The predicted octanol–water partition coefficient (Wildman–Crippen LogP) is 3.06. The number of aromatic nitrogens is 5. The molecule has 2 heterocycles. The minimum Gasteiger partial charge on any atom is -0.506 e. The standard InChI is InChI=1S/C21H12Cl2N6O7S/c22-12-6-10(29-21(32)25-18(31)9-24-29)7-13(23)20(12)35-11-4-5-16(30)15(8-11)28-37(33,34)17-3-1-2-14-19(17)27-36-26-14/h1-9,28,30H,(H,25,31,32). The maximum atomic E-state index is 13.0. The Balaban J connectivity index is 1.46. The monoisotopic (exact) mass is 562 g/mol. The molecular formula is C21H12Cl2N6O7S. The van der Waals surface area contributed by atoms with Crippen LogP contribution in [0.1, 0.15) is 0 Å². The van der Waals surface area contributed by atoms with Gasteiger partial charge in [-0.05, 0) is 46.7 Å². The van der Waals surface area contributed by atoms with Crippen molar-refractivity contribution in [2.75, 3.05) is 4.72 Å². The molecule has 0 aliphatic rings. The number of anilines is 1. The Bertz CT molecular complexity index is 1880. The van der Waals surface area contributed by atoms with Gasteiger partial charge in [-0.2, -0.15) is 9.78 Å². The van der Waals surface area contributed by atoms with Crippen molar-refractivity contribution < 1.29 is 22.9 Å². The van der Waals surface area contributed by atoms with E-state index in [0.29, 0.717) is 0 Å². The summed E-state index contributed by atoms with van der Waals surface area (Å²) in [5.74, 6) is -0.354. The normalized spacial score (nSPS) is 11.5.